The zero-order chi connectivity index (χ0) is 11.7. The van der Waals surface area contributed by atoms with Crippen molar-refractivity contribution in [3.8, 4) is 0 Å². The summed E-state index contributed by atoms with van der Waals surface area (Å²) in [6, 6.07) is 1.59. The molecule has 1 N–H and O–H groups in total. The first-order valence-electron chi connectivity index (χ1n) is 7.42. The smallest absolute Gasteiger partial charge is 0.0521 e. The zero-order valence-electron chi connectivity index (χ0n) is 11.0. The Bertz CT molecular complexity index is 257. The van der Waals surface area contributed by atoms with Crippen LogP contribution < -0.4 is 5.32 Å². The van der Waals surface area contributed by atoms with Crippen LogP contribution in [0, 0.1) is 11.8 Å². The number of rotatable bonds is 4. The minimum Gasteiger partial charge on any atom is -0.381 e. The topological polar surface area (TPSA) is 24.5 Å². The SMILES string of the molecule is CCNC1CCOCC1CN1CC2CCC1C2. The van der Waals surface area contributed by atoms with Crippen molar-refractivity contribution in [3.05, 3.63) is 0 Å². The predicted octanol–water partition coefficient (Wildman–Crippen LogP) is 1.49. The van der Waals surface area contributed by atoms with Crippen molar-refractivity contribution in [2.24, 2.45) is 11.8 Å². The van der Waals surface area contributed by atoms with Gasteiger partial charge in [-0.05, 0) is 38.1 Å². The van der Waals surface area contributed by atoms with Gasteiger partial charge in [0.2, 0.25) is 0 Å². The molecule has 0 aromatic rings. The number of nitrogens with one attached hydrogen (secondary N) is 1. The second kappa shape index (κ2) is 5.25. The molecule has 2 bridgehead atoms. The molecule has 0 radical (unpaired) electrons. The molecule has 17 heavy (non-hydrogen) atoms. The van der Waals surface area contributed by atoms with Gasteiger partial charge >= 0.3 is 0 Å². The Labute approximate surface area is 105 Å². The van der Waals surface area contributed by atoms with Crippen molar-refractivity contribution in [2.45, 2.75) is 44.7 Å². The maximum absolute atomic E-state index is 5.68. The minimum absolute atomic E-state index is 0.688. The number of hydrogen-bond acceptors (Lipinski definition) is 3. The molecule has 3 aliphatic rings. The van der Waals surface area contributed by atoms with Gasteiger partial charge in [-0.25, -0.2) is 0 Å². The normalized spacial score (nSPS) is 42.2. The first kappa shape index (κ1) is 11.9. The fraction of sp³-hybridized carbons (Fsp3) is 1.00. The summed E-state index contributed by atoms with van der Waals surface area (Å²) < 4.78 is 5.68. The van der Waals surface area contributed by atoms with E-state index in [4.69, 9.17) is 4.74 Å². The lowest BCUT2D eigenvalue weighted by molar-refractivity contribution is 0.0126. The monoisotopic (exact) mass is 238 g/mol. The molecule has 0 aromatic carbocycles. The van der Waals surface area contributed by atoms with E-state index in [1.807, 2.05) is 0 Å². The molecule has 98 valence electrons. The quantitative estimate of drug-likeness (QED) is 0.803. The molecule has 2 aliphatic heterocycles. The number of hydrogen-bond donors (Lipinski definition) is 1. The Morgan fingerprint density at radius 1 is 1.29 bits per heavy atom. The molecule has 1 aliphatic carbocycles. The van der Waals surface area contributed by atoms with Crippen molar-refractivity contribution in [3.63, 3.8) is 0 Å². The van der Waals surface area contributed by atoms with Crippen molar-refractivity contribution in [2.75, 3.05) is 32.8 Å². The van der Waals surface area contributed by atoms with Crippen LogP contribution in [0.3, 0.4) is 0 Å². The van der Waals surface area contributed by atoms with Gasteiger partial charge in [-0.1, -0.05) is 6.92 Å². The predicted molar refractivity (Wildman–Crippen MR) is 69.1 cm³/mol. The average Bonchev–Trinajstić information content (AvgIpc) is 2.94. The fourth-order valence-corrected chi connectivity index (χ4v) is 4.06. The minimum atomic E-state index is 0.688. The van der Waals surface area contributed by atoms with E-state index in [1.54, 1.807) is 0 Å². The van der Waals surface area contributed by atoms with Crippen LogP contribution in [0.1, 0.15) is 32.6 Å². The van der Waals surface area contributed by atoms with Crippen LogP contribution in [0.4, 0.5) is 0 Å². The Morgan fingerprint density at radius 2 is 2.24 bits per heavy atom. The first-order valence-corrected chi connectivity index (χ1v) is 7.42. The third-order valence-corrected chi connectivity index (χ3v) is 4.93. The molecule has 4 atom stereocenters. The third-order valence-electron chi connectivity index (χ3n) is 4.93. The summed E-state index contributed by atoms with van der Waals surface area (Å²) in [5.41, 5.74) is 0. The molecule has 3 rings (SSSR count). The van der Waals surface area contributed by atoms with E-state index in [9.17, 15) is 0 Å². The Balaban J connectivity index is 1.55. The van der Waals surface area contributed by atoms with E-state index in [-0.39, 0.29) is 0 Å². The molecule has 1 saturated carbocycles. The van der Waals surface area contributed by atoms with Gasteiger partial charge in [0, 0.05) is 37.7 Å². The molecule has 0 spiro atoms. The molecule has 0 amide bonds. The van der Waals surface area contributed by atoms with E-state index in [1.165, 1.54) is 38.8 Å². The van der Waals surface area contributed by atoms with Gasteiger partial charge in [0.15, 0.2) is 0 Å². The highest BCUT2D eigenvalue weighted by molar-refractivity contribution is 4.94. The lowest BCUT2D eigenvalue weighted by Gasteiger charge is -2.37. The van der Waals surface area contributed by atoms with Gasteiger partial charge in [0.05, 0.1) is 6.61 Å². The lowest BCUT2D eigenvalue weighted by Crippen LogP contribution is -2.49. The molecule has 2 heterocycles. The largest absolute Gasteiger partial charge is 0.381 e. The summed E-state index contributed by atoms with van der Waals surface area (Å²) >= 11 is 0. The van der Waals surface area contributed by atoms with Crippen molar-refractivity contribution < 1.29 is 4.74 Å². The van der Waals surface area contributed by atoms with Crippen molar-refractivity contribution in [1.29, 1.82) is 0 Å². The molecular formula is C14H26N2O. The van der Waals surface area contributed by atoms with E-state index < -0.39 is 0 Å². The highest BCUT2D eigenvalue weighted by Gasteiger charge is 2.39. The van der Waals surface area contributed by atoms with Crippen LogP contribution in [0.2, 0.25) is 0 Å². The number of ether oxygens (including phenoxy) is 1. The number of piperidine rings is 1. The molecule has 4 unspecified atom stereocenters. The number of nitrogens with zero attached hydrogens (tertiary/aromatic N) is 1. The van der Waals surface area contributed by atoms with Gasteiger partial charge < -0.3 is 10.1 Å². The summed E-state index contributed by atoms with van der Waals surface area (Å²) in [4.78, 5) is 2.75. The zero-order valence-corrected chi connectivity index (χ0v) is 11.0. The van der Waals surface area contributed by atoms with E-state index in [0.29, 0.717) is 12.0 Å². The van der Waals surface area contributed by atoms with Gasteiger partial charge in [0.1, 0.15) is 0 Å². The van der Waals surface area contributed by atoms with Crippen LogP contribution in [0.5, 0.6) is 0 Å². The molecule has 3 fully saturated rings. The van der Waals surface area contributed by atoms with Crippen LogP contribution >= 0.6 is 0 Å². The fourth-order valence-electron chi connectivity index (χ4n) is 4.06. The lowest BCUT2D eigenvalue weighted by atomic mass is 9.94. The Kier molecular flexibility index (Phi) is 3.69. The summed E-state index contributed by atoms with van der Waals surface area (Å²) in [5.74, 6) is 1.73. The first-order chi connectivity index (χ1) is 8.36. The molecule has 0 aromatic heterocycles. The third kappa shape index (κ3) is 2.51. The van der Waals surface area contributed by atoms with Crippen molar-refractivity contribution in [1.82, 2.24) is 10.2 Å². The maximum Gasteiger partial charge on any atom is 0.0521 e. The maximum atomic E-state index is 5.68. The van der Waals surface area contributed by atoms with Gasteiger partial charge in [-0.15, -0.1) is 0 Å². The summed E-state index contributed by atoms with van der Waals surface area (Å²) in [6.07, 6.45) is 5.60. The highest BCUT2D eigenvalue weighted by Crippen LogP contribution is 2.38. The molecule has 3 nitrogen and oxygen atoms in total. The molecular weight excluding hydrogens is 212 g/mol. The van der Waals surface area contributed by atoms with Crippen LogP contribution in [0.15, 0.2) is 0 Å². The summed E-state index contributed by atoms with van der Waals surface area (Å²) in [6.45, 7) is 7.84. The van der Waals surface area contributed by atoms with Gasteiger partial charge in [-0.2, -0.15) is 0 Å². The summed E-state index contributed by atoms with van der Waals surface area (Å²) in [7, 11) is 0. The molecule has 2 saturated heterocycles. The van der Waals surface area contributed by atoms with Crippen LogP contribution in [-0.2, 0) is 4.74 Å². The Hall–Kier alpha value is -0.120. The van der Waals surface area contributed by atoms with Crippen LogP contribution in [0.25, 0.3) is 0 Å². The number of fused-ring (bicyclic) bond motifs is 2. The van der Waals surface area contributed by atoms with Gasteiger partial charge in [-0.3, -0.25) is 4.90 Å². The van der Waals surface area contributed by atoms with E-state index in [2.05, 4.69) is 17.1 Å². The standard InChI is InChI=1S/C14H26N2O/c1-2-15-14-5-6-17-10-12(14)9-16-8-11-3-4-13(16)7-11/h11-15H,2-10H2,1H3. The van der Waals surface area contributed by atoms with E-state index >= 15 is 0 Å². The highest BCUT2D eigenvalue weighted by atomic mass is 16.5. The second-order valence-corrected chi connectivity index (χ2v) is 6.07. The van der Waals surface area contributed by atoms with E-state index in [0.717, 1.165) is 31.7 Å². The van der Waals surface area contributed by atoms with Crippen LogP contribution in [-0.4, -0.2) is 49.8 Å². The number of likely N-dealkylation sites (tertiary alicyclic amines) is 1. The Morgan fingerprint density at radius 3 is 2.94 bits per heavy atom. The van der Waals surface area contributed by atoms with Gasteiger partial charge in [0.25, 0.3) is 0 Å². The molecule has 3 heteroatoms. The van der Waals surface area contributed by atoms with Crippen molar-refractivity contribution >= 4 is 0 Å². The second-order valence-electron chi connectivity index (χ2n) is 6.07. The average molecular weight is 238 g/mol. The summed E-state index contributed by atoms with van der Waals surface area (Å²) in [5, 5.41) is 3.65.